The summed E-state index contributed by atoms with van der Waals surface area (Å²) in [5.41, 5.74) is 7.48. The summed E-state index contributed by atoms with van der Waals surface area (Å²) in [5, 5.41) is 23.1. The number of benzene rings is 4. The van der Waals surface area contributed by atoms with Gasteiger partial charge in [-0.1, -0.05) is 34.8 Å². The molecule has 10 nitrogen and oxygen atoms in total. The first-order valence-electron chi connectivity index (χ1n) is 13.6. The number of nitrogens with zero attached hydrogens (tertiary/aromatic N) is 2. The summed E-state index contributed by atoms with van der Waals surface area (Å²) in [6.07, 6.45) is 5.41. The summed E-state index contributed by atoms with van der Waals surface area (Å²) >= 11 is 17.3. The Balaban J connectivity index is 0.000000184. The summed E-state index contributed by atoms with van der Waals surface area (Å²) in [6.45, 7) is 0. The Bertz CT molecular complexity index is 2390. The van der Waals surface area contributed by atoms with E-state index >= 15 is 0 Å². The predicted molar refractivity (Wildman–Crippen MR) is 189 cm³/mol. The van der Waals surface area contributed by atoms with Crippen LogP contribution < -0.4 is 11.1 Å². The molecule has 17 heteroatoms. The maximum atomic E-state index is 13.3. The lowest BCUT2D eigenvalue weighted by Crippen LogP contribution is -1.99. The summed E-state index contributed by atoms with van der Waals surface area (Å²) in [5.74, 6) is -2.62. The van der Waals surface area contributed by atoms with E-state index in [-0.39, 0.29) is 31.2 Å². The Morgan fingerprint density at radius 1 is 0.633 bits per heavy atom. The van der Waals surface area contributed by atoms with Crippen molar-refractivity contribution < 1.29 is 35.8 Å². The van der Waals surface area contributed by atoms with Gasteiger partial charge in [-0.15, -0.1) is 0 Å². The Hall–Kier alpha value is -4.47. The molecule has 6 aromatic rings. The third-order valence-corrected chi connectivity index (χ3v) is 9.79. The lowest BCUT2D eigenvalue weighted by molar-refractivity contribution is 0.432. The van der Waals surface area contributed by atoms with Gasteiger partial charge in [-0.05, 0) is 60.7 Å². The Kier molecular flexibility index (Phi) is 11.4. The van der Waals surface area contributed by atoms with Crippen molar-refractivity contribution in [3.05, 3.63) is 112 Å². The number of nitrogen functional groups attached to an aromatic ring is 1. The van der Waals surface area contributed by atoms with Gasteiger partial charge in [0.2, 0.25) is 0 Å². The predicted octanol–water partition coefficient (Wildman–Crippen LogP) is 7.94. The van der Waals surface area contributed by atoms with E-state index < -0.39 is 42.8 Å². The Morgan fingerprint density at radius 3 is 1.67 bits per heavy atom. The van der Waals surface area contributed by atoms with Crippen molar-refractivity contribution in [1.82, 2.24) is 9.97 Å². The number of nitrogens with one attached hydrogen (secondary N) is 1. The van der Waals surface area contributed by atoms with Crippen LogP contribution in [0.2, 0.25) is 15.1 Å². The number of aromatic nitrogens is 2. The summed E-state index contributed by atoms with van der Waals surface area (Å²) in [7, 11) is -6.57. The molecule has 4 aromatic carbocycles. The lowest BCUT2D eigenvalue weighted by Gasteiger charge is -2.12. The van der Waals surface area contributed by atoms with Gasteiger partial charge in [0.25, 0.3) is 0 Å². The minimum atomic E-state index is -3.38. The molecule has 0 amide bonds. The molecule has 0 bridgehead atoms. The van der Waals surface area contributed by atoms with E-state index in [9.17, 15) is 30.7 Å². The molecule has 2 aromatic heterocycles. The van der Waals surface area contributed by atoms with Gasteiger partial charge >= 0.3 is 0 Å². The van der Waals surface area contributed by atoms with Crippen LogP contribution in [0.15, 0.2) is 95.0 Å². The van der Waals surface area contributed by atoms with Gasteiger partial charge in [0.1, 0.15) is 0 Å². The van der Waals surface area contributed by atoms with Gasteiger partial charge in [0, 0.05) is 53.5 Å². The highest BCUT2D eigenvalue weighted by molar-refractivity contribution is 7.91. The molecular formula is C32H25Cl3F2N4O6S2. The van der Waals surface area contributed by atoms with Crippen molar-refractivity contribution >= 4 is 93.3 Å². The quantitative estimate of drug-likeness (QED) is 0.129. The number of halogens is 5. The zero-order valence-corrected chi connectivity index (χ0v) is 29.2. The highest BCUT2D eigenvalue weighted by Gasteiger charge is 2.13. The molecule has 256 valence electrons. The van der Waals surface area contributed by atoms with E-state index in [1.807, 2.05) is 0 Å². The number of fused-ring (bicyclic) bond motifs is 2. The number of pyridine rings is 2. The smallest absolute Gasteiger partial charge is 0.175 e. The fraction of sp³-hybridized carbons (Fsp3) is 0.0625. The van der Waals surface area contributed by atoms with E-state index in [4.69, 9.17) is 45.6 Å². The molecule has 5 N–H and O–H groups in total. The molecule has 0 saturated carbocycles. The van der Waals surface area contributed by atoms with E-state index in [0.29, 0.717) is 32.5 Å². The van der Waals surface area contributed by atoms with Crippen LogP contribution in [-0.2, 0) is 19.7 Å². The topological polar surface area (TPSA) is 173 Å². The molecule has 0 aliphatic carbocycles. The van der Waals surface area contributed by atoms with Gasteiger partial charge in [-0.25, -0.2) is 25.6 Å². The molecule has 6 rings (SSSR count). The number of rotatable bonds is 4. The minimum Gasteiger partial charge on any atom is -0.505 e. The second kappa shape index (κ2) is 15.0. The summed E-state index contributed by atoms with van der Waals surface area (Å²) < 4.78 is 71.8. The van der Waals surface area contributed by atoms with E-state index in [1.54, 1.807) is 42.7 Å². The first kappa shape index (κ1) is 37.4. The van der Waals surface area contributed by atoms with E-state index in [2.05, 4.69) is 15.3 Å². The van der Waals surface area contributed by atoms with Crippen LogP contribution >= 0.6 is 34.8 Å². The van der Waals surface area contributed by atoms with E-state index in [1.165, 1.54) is 24.5 Å². The molecule has 0 fully saturated rings. The zero-order valence-electron chi connectivity index (χ0n) is 25.3. The fourth-order valence-corrected chi connectivity index (χ4v) is 5.97. The molecule has 0 aliphatic heterocycles. The van der Waals surface area contributed by atoms with Crippen LogP contribution in [0.5, 0.6) is 11.5 Å². The maximum absolute atomic E-state index is 13.3. The van der Waals surface area contributed by atoms with Gasteiger partial charge in [-0.2, -0.15) is 0 Å². The standard InChI is InChI=1S/C16H12ClFN2O3S.C10H8ClNO2S.C6H5ClFNO/c1-24(22,23)9-2-3-13-10(6-9)14(4-5-19-13)20-15-8-16(21)12(18)7-11(15)17;1-15(13,14)7-2-3-10-8(6-7)9(11)4-5-12-10;7-3-1-4(8)6(10)2-5(3)9/h2-8,21H,1H3,(H,19,20);2-6H,1H3;1-2,10H,9H2. The number of phenols is 2. The Labute approximate surface area is 294 Å². The van der Waals surface area contributed by atoms with Crippen LogP contribution in [0.1, 0.15) is 0 Å². The third-order valence-electron chi connectivity index (χ3n) is 6.60. The first-order chi connectivity index (χ1) is 22.8. The first-order valence-corrected chi connectivity index (χ1v) is 18.5. The molecule has 0 saturated heterocycles. The average molecular weight is 770 g/mol. The summed E-state index contributed by atoms with van der Waals surface area (Å²) in [4.78, 5) is 8.68. The number of hydrogen-bond donors (Lipinski definition) is 4. The van der Waals surface area contributed by atoms with Crippen LogP contribution in [-0.4, -0.2) is 49.5 Å². The number of anilines is 3. The molecule has 0 spiro atoms. The zero-order chi connectivity index (χ0) is 36.3. The number of hydrogen-bond acceptors (Lipinski definition) is 10. The van der Waals surface area contributed by atoms with Crippen LogP contribution in [0.25, 0.3) is 21.8 Å². The maximum Gasteiger partial charge on any atom is 0.175 e. The van der Waals surface area contributed by atoms with Crippen molar-refractivity contribution in [2.24, 2.45) is 0 Å². The van der Waals surface area contributed by atoms with Crippen molar-refractivity contribution in [3.63, 3.8) is 0 Å². The minimum absolute atomic E-state index is 0.0783. The molecule has 0 atom stereocenters. The van der Waals surface area contributed by atoms with Crippen molar-refractivity contribution in [2.45, 2.75) is 9.79 Å². The van der Waals surface area contributed by atoms with Gasteiger partial charge < -0.3 is 21.3 Å². The van der Waals surface area contributed by atoms with Crippen LogP contribution in [0, 0.1) is 11.6 Å². The average Bonchev–Trinajstić information content (AvgIpc) is 3.02. The molecule has 0 radical (unpaired) electrons. The molecule has 2 heterocycles. The lowest BCUT2D eigenvalue weighted by atomic mass is 10.1. The van der Waals surface area contributed by atoms with Crippen molar-refractivity contribution in [1.29, 1.82) is 0 Å². The van der Waals surface area contributed by atoms with Gasteiger partial charge in [0.05, 0.1) is 47.3 Å². The summed E-state index contributed by atoms with van der Waals surface area (Å²) in [6, 6.07) is 16.7. The molecule has 0 aliphatic rings. The third kappa shape index (κ3) is 9.37. The highest BCUT2D eigenvalue weighted by atomic mass is 35.5. The van der Waals surface area contributed by atoms with Crippen molar-refractivity contribution in [3.8, 4) is 11.5 Å². The highest BCUT2D eigenvalue weighted by Crippen LogP contribution is 2.34. The second-order valence-electron chi connectivity index (χ2n) is 10.3. The monoisotopic (exact) mass is 768 g/mol. The number of aromatic hydroxyl groups is 2. The molecule has 49 heavy (non-hydrogen) atoms. The number of nitrogens with two attached hydrogens (primary N) is 1. The fourth-order valence-electron chi connectivity index (χ4n) is 4.12. The second-order valence-corrected chi connectivity index (χ2v) is 15.5. The molecular weight excluding hydrogens is 745 g/mol. The number of phenolic OH excluding ortho intramolecular Hbond substituents is 2. The van der Waals surface area contributed by atoms with Crippen LogP contribution in [0.4, 0.5) is 25.8 Å². The van der Waals surface area contributed by atoms with Crippen LogP contribution in [0.3, 0.4) is 0 Å². The van der Waals surface area contributed by atoms with Gasteiger partial charge in [0.15, 0.2) is 42.8 Å². The van der Waals surface area contributed by atoms with Gasteiger partial charge in [-0.3, -0.25) is 9.97 Å². The molecule has 0 unspecified atom stereocenters. The van der Waals surface area contributed by atoms with E-state index in [0.717, 1.165) is 30.5 Å². The van der Waals surface area contributed by atoms with Crippen molar-refractivity contribution in [2.75, 3.05) is 23.6 Å². The normalized spacial score (nSPS) is 11.3. The Morgan fingerprint density at radius 2 is 1.12 bits per heavy atom. The SMILES string of the molecule is CS(=O)(=O)c1ccc2nccc(Cl)c2c1.CS(=O)(=O)c1ccc2nccc(Nc3cc(O)c(F)cc3Cl)c2c1.Nc1cc(O)c(F)cc1Cl. The largest absolute Gasteiger partial charge is 0.505 e. The number of sulfone groups is 2.